The maximum absolute atomic E-state index is 5.51. The van der Waals surface area contributed by atoms with Crippen LogP contribution in [0.5, 0.6) is 0 Å². The fourth-order valence-corrected chi connectivity index (χ4v) is 12.7. The summed E-state index contributed by atoms with van der Waals surface area (Å²) in [6, 6.07) is 89.9. The molecule has 4 heterocycles. The van der Waals surface area contributed by atoms with Crippen molar-refractivity contribution in [1.82, 2.24) is 0 Å². The molecule has 2 nitrogen and oxygen atoms in total. The Labute approximate surface area is 564 Å². The topological polar surface area (TPSA) is 26.3 Å². The highest BCUT2D eigenvalue weighted by atomic mass is 32.1. The predicted octanol–water partition coefficient (Wildman–Crippen LogP) is 27.2. The summed E-state index contributed by atoms with van der Waals surface area (Å²) in [4.78, 5) is 5.46. The first-order valence-corrected chi connectivity index (χ1v) is 34.0. The van der Waals surface area contributed by atoms with E-state index in [0.29, 0.717) is 0 Å². The highest BCUT2D eigenvalue weighted by molar-refractivity contribution is 7.15. The van der Waals surface area contributed by atoms with Crippen LogP contribution in [-0.4, -0.2) is 0 Å². The summed E-state index contributed by atoms with van der Waals surface area (Å²) in [7, 11) is 0. The lowest BCUT2D eigenvalue weighted by Crippen LogP contribution is -2.12. The molecule has 0 unspecified atom stereocenters. The zero-order valence-electron chi connectivity index (χ0n) is 58.0. The van der Waals surface area contributed by atoms with E-state index in [9.17, 15) is 0 Å². The number of rotatable bonds is 4. The van der Waals surface area contributed by atoms with Gasteiger partial charge in [-0.1, -0.05) is 281 Å². The van der Waals surface area contributed by atoms with Crippen molar-refractivity contribution in [2.24, 2.45) is 0 Å². The second kappa shape index (κ2) is 32.5. The summed E-state index contributed by atoms with van der Waals surface area (Å²) < 4.78 is 10.8. The number of fused-ring (bicyclic) bond motifs is 3. The van der Waals surface area contributed by atoms with E-state index in [1.165, 1.54) is 119 Å². The van der Waals surface area contributed by atoms with Crippen molar-refractivity contribution in [3.8, 4) is 43.5 Å². The van der Waals surface area contributed by atoms with Gasteiger partial charge in [0.1, 0.15) is 17.3 Å². The Morgan fingerprint density at radius 2 is 0.763 bits per heavy atom. The molecule has 0 atom stereocenters. The molecule has 10 aromatic carbocycles. The van der Waals surface area contributed by atoms with Gasteiger partial charge >= 0.3 is 0 Å². The fraction of sp³-hybridized carbons (Fsp3) is 0.213. The molecule has 0 saturated carbocycles. The van der Waals surface area contributed by atoms with Gasteiger partial charge in [-0.15, -0.1) is 22.7 Å². The maximum Gasteiger partial charge on any atom is 0.134 e. The first-order valence-electron chi connectivity index (χ1n) is 32.3. The van der Waals surface area contributed by atoms with Crippen molar-refractivity contribution in [3.63, 3.8) is 0 Å². The highest BCUT2D eigenvalue weighted by Crippen LogP contribution is 2.33. The predicted molar refractivity (Wildman–Crippen MR) is 409 cm³/mol. The largest absolute Gasteiger partial charge is 0.464 e. The van der Waals surface area contributed by atoms with Crippen molar-refractivity contribution in [2.45, 2.75) is 129 Å². The van der Waals surface area contributed by atoms with Gasteiger partial charge in [0.25, 0.3) is 0 Å². The number of benzene rings is 10. The van der Waals surface area contributed by atoms with Crippen molar-refractivity contribution in [2.75, 3.05) is 0 Å². The Hall–Kier alpha value is -9.06. The van der Waals surface area contributed by atoms with Crippen LogP contribution in [0.2, 0.25) is 0 Å². The molecule has 14 aromatic rings. The van der Waals surface area contributed by atoms with Gasteiger partial charge in [-0.05, 0) is 202 Å². The van der Waals surface area contributed by atoms with E-state index in [0.717, 1.165) is 28.4 Å². The quantitative estimate of drug-likeness (QED) is 0.176. The van der Waals surface area contributed by atoms with Crippen LogP contribution in [0.1, 0.15) is 113 Å². The highest BCUT2D eigenvalue weighted by Gasteiger charge is 2.18. The minimum atomic E-state index is 0.214. The van der Waals surface area contributed by atoms with E-state index in [1.807, 2.05) is 66.0 Å². The molecule has 0 fully saturated rings. The average molecular weight is 1260 g/mol. The third-order valence-corrected chi connectivity index (χ3v) is 18.0. The van der Waals surface area contributed by atoms with Gasteiger partial charge in [0.15, 0.2) is 0 Å². The lowest BCUT2D eigenvalue weighted by molar-refractivity contribution is 0.548. The zero-order valence-corrected chi connectivity index (χ0v) is 59.6. The molecule has 4 aromatic heterocycles. The smallest absolute Gasteiger partial charge is 0.134 e. The standard InChI is InChI=1S/2C15H18.C12H12O.2C12H12S.C12H12.C11H10O/c1-11-9-12-7-5-6-8-13(12)10-14(11)15(2,3)4;1-11-9-12-7-5-6-8-13(12)14(10-11)15(2,3)4;2*1-9-3-6-11(7-4-9)12-8-5-10(2)13-12;1-9-4-3-5-11(8-9)12-7-6-10(2)13-12;1-9-3-5-11-6-4-10(2)8-12(11)7-9;1-9-4-2-5-10(8-9)11-6-3-7-12-11/h2*5-10H,1-4H3;3*3-8H,1-2H3;3-8H,1-2H3;2-8H,1H3. The minimum absolute atomic E-state index is 0.214. The second-order valence-electron chi connectivity index (χ2n) is 26.6. The fourth-order valence-electron chi connectivity index (χ4n) is 11.0. The molecular weight excluding hydrogens is 1170 g/mol. The normalized spacial score (nSPS) is 10.8. The van der Waals surface area contributed by atoms with Crippen LogP contribution in [0.4, 0.5) is 0 Å². The number of furan rings is 2. The van der Waals surface area contributed by atoms with Crippen LogP contribution < -0.4 is 0 Å². The molecule has 4 heteroatoms. The monoisotopic (exact) mass is 1260 g/mol. The Balaban J connectivity index is 0.000000140. The number of hydrogen-bond donors (Lipinski definition) is 0. The average Bonchev–Trinajstić information content (AvgIpc) is 1.82. The lowest BCUT2D eigenvalue weighted by Gasteiger charge is -2.22. The zero-order chi connectivity index (χ0) is 66.8. The van der Waals surface area contributed by atoms with Gasteiger partial charge in [0.05, 0.1) is 6.26 Å². The van der Waals surface area contributed by atoms with Gasteiger partial charge in [0, 0.05) is 30.6 Å². The molecular formula is C89H94O2S2. The van der Waals surface area contributed by atoms with E-state index in [4.69, 9.17) is 8.83 Å². The molecule has 0 N–H and O–H groups in total. The van der Waals surface area contributed by atoms with Gasteiger partial charge in [-0.25, -0.2) is 0 Å². The molecule has 474 valence electrons. The Kier molecular flexibility index (Phi) is 24.4. The van der Waals surface area contributed by atoms with Crippen LogP contribution in [0.25, 0.3) is 75.8 Å². The SMILES string of the molecule is Cc1cc(C(C)(C)C)c2ccccc2c1.Cc1cc2ccccc2cc1C(C)(C)C.Cc1ccc(-c2ccc(C)o2)cc1.Cc1ccc(-c2ccc(C)s2)cc1.Cc1ccc2ccc(C)cc2c1.Cc1cccc(-c2ccc(C)s2)c1.Cc1cccc(-c2ccco2)c1. The summed E-state index contributed by atoms with van der Waals surface area (Å²) >= 11 is 3.70. The maximum atomic E-state index is 5.51. The van der Waals surface area contributed by atoms with E-state index < -0.39 is 0 Å². The molecule has 0 spiro atoms. The summed E-state index contributed by atoms with van der Waals surface area (Å²) in [6.07, 6.45) is 1.69. The minimum Gasteiger partial charge on any atom is -0.464 e. The van der Waals surface area contributed by atoms with Crippen LogP contribution in [0.15, 0.2) is 270 Å². The third-order valence-electron chi connectivity index (χ3n) is 15.9. The van der Waals surface area contributed by atoms with Crippen LogP contribution in [-0.2, 0) is 10.8 Å². The van der Waals surface area contributed by atoms with Gasteiger partial charge < -0.3 is 8.83 Å². The van der Waals surface area contributed by atoms with Crippen LogP contribution in [0, 0.1) is 76.2 Å². The summed E-state index contributed by atoms with van der Waals surface area (Å²) in [6.45, 7) is 36.9. The van der Waals surface area contributed by atoms with Crippen LogP contribution >= 0.6 is 22.7 Å². The molecule has 0 aliphatic rings. The van der Waals surface area contributed by atoms with E-state index in [2.05, 4.69) is 329 Å². The summed E-state index contributed by atoms with van der Waals surface area (Å²) in [5.41, 5.74) is 18.8. The van der Waals surface area contributed by atoms with E-state index >= 15 is 0 Å². The van der Waals surface area contributed by atoms with Crippen molar-refractivity contribution in [1.29, 1.82) is 0 Å². The number of thiophene rings is 2. The second-order valence-corrected chi connectivity index (χ2v) is 29.2. The van der Waals surface area contributed by atoms with Crippen molar-refractivity contribution in [3.05, 3.63) is 332 Å². The van der Waals surface area contributed by atoms with Crippen molar-refractivity contribution < 1.29 is 8.83 Å². The molecule has 0 radical (unpaired) electrons. The first-order chi connectivity index (χ1) is 44.3. The molecule has 14 rings (SSSR count). The molecule has 0 saturated heterocycles. The third kappa shape index (κ3) is 21.0. The molecule has 0 aliphatic heterocycles. The Bertz CT molecular complexity index is 4510. The first kappa shape index (κ1) is 69.8. The molecule has 0 bridgehead atoms. The lowest BCUT2D eigenvalue weighted by atomic mass is 9.83. The molecule has 0 aliphatic carbocycles. The van der Waals surface area contributed by atoms with Gasteiger partial charge in [-0.2, -0.15) is 0 Å². The number of aryl methyl sites for hydroxylation is 11. The van der Waals surface area contributed by atoms with E-state index in [1.54, 1.807) is 6.26 Å². The summed E-state index contributed by atoms with van der Waals surface area (Å²) in [5, 5.41) is 8.08. The molecule has 93 heavy (non-hydrogen) atoms. The molecule has 0 amide bonds. The van der Waals surface area contributed by atoms with Gasteiger partial charge in [0.2, 0.25) is 0 Å². The Morgan fingerprint density at radius 3 is 1.27 bits per heavy atom. The number of hydrogen-bond acceptors (Lipinski definition) is 4. The van der Waals surface area contributed by atoms with Crippen LogP contribution in [0.3, 0.4) is 0 Å². The van der Waals surface area contributed by atoms with E-state index in [-0.39, 0.29) is 10.8 Å². The summed E-state index contributed by atoms with van der Waals surface area (Å²) in [5.74, 6) is 2.83. The Morgan fingerprint density at radius 1 is 0.280 bits per heavy atom. The van der Waals surface area contributed by atoms with Gasteiger partial charge in [-0.3, -0.25) is 0 Å². The van der Waals surface area contributed by atoms with Crippen molar-refractivity contribution >= 4 is 55.0 Å².